The fraction of sp³-hybridized carbons (Fsp3) is 0.273. The molecule has 0 fully saturated rings. The van der Waals surface area contributed by atoms with E-state index in [1.165, 1.54) is 19.2 Å². The van der Waals surface area contributed by atoms with Gasteiger partial charge in [-0.3, -0.25) is 0 Å². The molecule has 1 aromatic carbocycles. The third-order valence-electron chi connectivity index (χ3n) is 2.05. The molecule has 2 amide bonds. The number of carboxylic acids is 1. The standard InChI is InChI=1S/C11H13BrN2O4/c1-18-5-4-13-11(17)14-9-3-2-7(12)6-8(9)10(15)16/h2-3,6H,4-5H2,1H3,(H,15,16)(H2,13,14,17). The van der Waals surface area contributed by atoms with Gasteiger partial charge in [0.05, 0.1) is 17.9 Å². The Labute approximate surface area is 112 Å². The lowest BCUT2D eigenvalue weighted by molar-refractivity contribution is 0.0698. The van der Waals surface area contributed by atoms with Crippen molar-refractivity contribution < 1.29 is 19.4 Å². The Kier molecular flexibility index (Phi) is 5.60. The molecule has 0 aliphatic carbocycles. The van der Waals surface area contributed by atoms with Crippen molar-refractivity contribution in [2.45, 2.75) is 0 Å². The van der Waals surface area contributed by atoms with Gasteiger partial charge in [-0.05, 0) is 18.2 Å². The van der Waals surface area contributed by atoms with E-state index in [0.29, 0.717) is 17.6 Å². The molecule has 0 atom stereocenters. The zero-order valence-corrected chi connectivity index (χ0v) is 11.3. The van der Waals surface area contributed by atoms with Crippen LogP contribution in [0, 0.1) is 0 Å². The first kappa shape index (κ1) is 14.5. The van der Waals surface area contributed by atoms with Crippen molar-refractivity contribution in [3.63, 3.8) is 0 Å². The van der Waals surface area contributed by atoms with Crippen LogP contribution in [0.15, 0.2) is 22.7 Å². The van der Waals surface area contributed by atoms with Crippen molar-refractivity contribution in [2.24, 2.45) is 0 Å². The molecule has 1 rings (SSSR count). The molecule has 3 N–H and O–H groups in total. The maximum atomic E-state index is 11.5. The maximum Gasteiger partial charge on any atom is 0.337 e. The number of halogens is 1. The molecule has 1 aromatic rings. The minimum Gasteiger partial charge on any atom is -0.478 e. The first-order valence-corrected chi connectivity index (χ1v) is 5.90. The van der Waals surface area contributed by atoms with E-state index in [1.54, 1.807) is 6.07 Å². The number of rotatable bonds is 5. The van der Waals surface area contributed by atoms with E-state index < -0.39 is 12.0 Å². The number of amides is 2. The highest BCUT2D eigenvalue weighted by molar-refractivity contribution is 9.10. The lowest BCUT2D eigenvalue weighted by Crippen LogP contribution is -2.31. The number of hydrogen-bond donors (Lipinski definition) is 3. The summed E-state index contributed by atoms with van der Waals surface area (Å²) < 4.78 is 5.41. The van der Waals surface area contributed by atoms with Gasteiger partial charge in [-0.2, -0.15) is 0 Å². The number of ether oxygens (including phenoxy) is 1. The summed E-state index contributed by atoms with van der Waals surface area (Å²) in [4.78, 5) is 22.5. The van der Waals surface area contributed by atoms with Crippen LogP contribution in [0.25, 0.3) is 0 Å². The Balaban J connectivity index is 2.72. The van der Waals surface area contributed by atoms with E-state index in [2.05, 4.69) is 26.6 Å². The second-order valence-electron chi connectivity index (χ2n) is 3.37. The van der Waals surface area contributed by atoms with Crippen molar-refractivity contribution in [3.05, 3.63) is 28.2 Å². The van der Waals surface area contributed by atoms with Gasteiger partial charge >= 0.3 is 12.0 Å². The minimum absolute atomic E-state index is 0.0197. The highest BCUT2D eigenvalue weighted by Crippen LogP contribution is 2.20. The summed E-state index contributed by atoms with van der Waals surface area (Å²) in [5.74, 6) is -1.11. The van der Waals surface area contributed by atoms with E-state index in [0.717, 1.165) is 0 Å². The van der Waals surface area contributed by atoms with Crippen molar-refractivity contribution in [2.75, 3.05) is 25.6 Å². The summed E-state index contributed by atoms with van der Waals surface area (Å²) in [5.41, 5.74) is 0.256. The van der Waals surface area contributed by atoms with E-state index in [9.17, 15) is 9.59 Å². The molecule has 0 aromatic heterocycles. The molecule has 0 spiro atoms. The number of hydrogen-bond acceptors (Lipinski definition) is 3. The predicted octanol–water partition coefficient (Wildman–Crippen LogP) is 1.92. The van der Waals surface area contributed by atoms with Gasteiger partial charge in [-0.1, -0.05) is 15.9 Å². The van der Waals surface area contributed by atoms with E-state index in [1.807, 2.05) is 0 Å². The van der Waals surface area contributed by atoms with Gasteiger partial charge in [0.15, 0.2) is 0 Å². The predicted molar refractivity (Wildman–Crippen MR) is 70.0 cm³/mol. The summed E-state index contributed by atoms with van der Waals surface area (Å²) in [6.07, 6.45) is 0. The Morgan fingerprint density at radius 1 is 1.44 bits per heavy atom. The van der Waals surface area contributed by atoms with Crippen LogP contribution in [0.3, 0.4) is 0 Å². The zero-order valence-electron chi connectivity index (χ0n) is 9.70. The molecular weight excluding hydrogens is 304 g/mol. The molecule has 6 nitrogen and oxygen atoms in total. The Bertz CT molecular complexity index is 451. The van der Waals surface area contributed by atoms with Gasteiger partial charge in [-0.15, -0.1) is 0 Å². The SMILES string of the molecule is COCCNC(=O)Nc1ccc(Br)cc1C(=O)O. The summed E-state index contributed by atoms with van der Waals surface area (Å²) in [6, 6.07) is 4.12. The third kappa shape index (κ3) is 4.34. The molecule has 0 radical (unpaired) electrons. The highest BCUT2D eigenvalue weighted by Gasteiger charge is 2.12. The van der Waals surface area contributed by atoms with Gasteiger partial charge in [0, 0.05) is 18.1 Å². The van der Waals surface area contributed by atoms with Crippen molar-refractivity contribution in [1.82, 2.24) is 5.32 Å². The minimum atomic E-state index is -1.11. The molecule has 7 heteroatoms. The molecule has 0 saturated heterocycles. The first-order valence-electron chi connectivity index (χ1n) is 5.11. The molecule has 0 aliphatic heterocycles. The fourth-order valence-corrected chi connectivity index (χ4v) is 1.60. The number of carboxylic acid groups (broad SMARTS) is 1. The molecule has 18 heavy (non-hydrogen) atoms. The van der Waals surface area contributed by atoms with Crippen molar-refractivity contribution >= 4 is 33.6 Å². The summed E-state index contributed by atoms with van der Waals surface area (Å²) in [5, 5.41) is 14.0. The molecule has 98 valence electrons. The molecule has 0 heterocycles. The average molecular weight is 317 g/mol. The molecule has 0 saturated carbocycles. The topological polar surface area (TPSA) is 87.7 Å². The van der Waals surface area contributed by atoms with Crippen LogP contribution < -0.4 is 10.6 Å². The monoisotopic (exact) mass is 316 g/mol. The lowest BCUT2D eigenvalue weighted by Gasteiger charge is -2.10. The van der Waals surface area contributed by atoms with Crippen LogP contribution in [-0.2, 0) is 4.74 Å². The van der Waals surface area contributed by atoms with Crippen LogP contribution in [0.2, 0.25) is 0 Å². The van der Waals surface area contributed by atoms with E-state index in [-0.39, 0.29) is 11.3 Å². The summed E-state index contributed by atoms with van der Waals surface area (Å²) in [7, 11) is 1.52. The zero-order chi connectivity index (χ0) is 13.5. The van der Waals surface area contributed by atoms with Crippen LogP contribution >= 0.6 is 15.9 Å². The molecular formula is C11H13BrN2O4. The van der Waals surface area contributed by atoms with Gasteiger partial charge in [0.25, 0.3) is 0 Å². The number of carbonyl (C=O) groups is 2. The number of benzene rings is 1. The highest BCUT2D eigenvalue weighted by atomic mass is 79.9. The number of methoxy groups -OCH3 is 1. The normalized spacial score (nSPS) is 9.89. The summed E-state index contributed by atoms with van der Waals surface area (Å²) in [6.45, 7) is 0.737. The number of urea groups is 1. The number of carbonyl (C=O) groups excluding carboxylic acids is 1. The van der Waals surface area contributed by atoms with Crippen LogP contribution in [-0.4, -0.2) is 37.4 Å². The van der Waals surface area contributed by atoms with Gasteiger partial charge in [-0.25, -0.2) is 9.59 Å². The van der Waals surface area contributed by atoms with Gasteiger partial charge < -0.3 is 20.5 Å². The van der Waals surface area contributed by atoms with Gasteiger partial charge in [0.2, 0.25) is 0 Å². The lowest BCUT2D eigenvalue weighted by atomic mass is 10.2. The van der Waals surface area contributed by atoms with Gasteiger partial charge in [0.1, 0.15) is 0 Å². The van der Waals surface area contributed by atoms with Crippen LogP contribution in [0.4, 0.5) is 10.5 Å². The molecule has 0 bridgehead atoms. The Hall–Kier alpha value is -1.60. The third-order valence-corrected chi connectivity index (χ3v) is 2.55. The van der Waals surface area contributed by atoms with Crippen molar-refractivity contribution in [1.29, 1.82) is 0 Å². The van der Waals surface area contributed by atoms with Crippen LogP contribution in [0.1, 0.15) is 10.4 Å². The van der Waals surface area contributed by atoms with Crippen LogP contribution in [0.5, 0.6) is 0 Å². The second kappa shape index (κ2) is 6.97. The maximum absolute atomic E-state index is 11.5. The number of aromatic carboxylic acids is 1. The Morgan fingerprint density at radius 3 is 2.78 bits per heavy atom. The summed E-state index contributed by atoms with van der Waals surface area (Å²) >= 11 is 3.17. The number of anilines is 1. The quantitative estimate of drug-likeness (QED) is 0.724. The molecule has 0 aliphatic rings. The van der Waals surface area contributed by atoms with E-state index >= 15 is 0 Å². The molecule has 0 unspecified atom stereocenters. The average Bonchev–Trinajstić information content (AvgIpc) is 2.31. The Morgan fingerprint density at radius 2 is 2.17 bits per heavy atom. The number of nitrogens with one attached hydrogen (secondary N) is 2. The smallest absolute Gasteiger partial charge is 0.337 e. The van der Waals surface area contributed by atoms with Crippen molar-refractivity contribution in [3.8, 4) is 0 Å². The van der Waals surface area contributed by atoms with E-state index in [4.69, 9.17) is 9.84 Å². The first-order chi connectivity index (χ1) is 8.54. The largest absolute Gasteiger partial charge is 0.478 e. The second-order valence-corrected chi connectivity index (χ2v) is 4.28. The fourth-order valence-electron chi connectivity index (χ4n) is 1.24.